The Kier molecular flexibility index (Phi) is 6.44. The van der Waals surface area contributed by atoms with Crippen LogP contribution in [0.1, 0.15) is 42.5 Å². The molecule has 3 aliphatic rings. The van der Waals surface area contributed by atoms with Gasteiger partial charge in [0, 0.05) is 43.5 Å². The number of nitrogens with one attached hydrogen (secondary N) is 2. The van der Waals surface area contributed by atoms with Crippen molar-refractivity contribution in [2.24, 2.45) is 5.10 Å². The first-order chi connectivity index (χ1) is 14.6. The highest BCUT2D eigenvalue weighted by molar-refractivity contribution is 6.45. The van der Waals surface area contributed by atoms with E-state index in [1.807, 2.05) is 18.2 Å². The molecule has 0 unspecified atom stereocenters. The molecule has 160 valence electrons. The molecule has 2 heterocycles. The number of amides is 2. The van der Waals surface area contributed by atoms with Crippen LogP contribution >= 0.6 is 0 Å². The molecule has 1 saturated carbocycles. The van der Waals surface area contributed by atoms with Crippen LogP contribution in [-0.4, -0.2) is 61.7 Å². The highest BCUT2D eigenvalue weighted by Gasteiger charge is 2.28. The van der Waals surface area contributed by atoms with E-state index in [0.717, 1.165) is 57.5 Å². The normalized spacial score (nSPS) is 20.5. The van der Waals surface area contributed by atoms with E-state index in [9.17, 15) is 9.59 Å². The molecule has 1 aromatic carbocycles. The van der Waals surface area contributed by atoms with Crippen LogP contribution in [0.4, 0.5) is 5.69 Å². The molecule has 2 aliphatic heterocycles. The smallest absolute Gasteiger partial charge is 0.278 e. The second-order valence-corrected chi connectivity index (χ2v) is 8.31. The molecule has 0 atom stereocenters. The quantitative estimate of drug-likeness (QED) is 0.611. The first-order valence-corrected chi connectivity index (χ1v) is 10.9. The zero-order valence-electron chi connectivity index (χ0n) is 17.6. The predicted molar refractivity (Wildman–Crippen MR) is 116 cm³/mol. The Morgan fingerprint density at radius 3 is 2.60 bits per heavy atom. The fourth-order valence-corrected chi connectivity index (χ4v) is 4.22. The molecule has 30 heavy (non-hydrogen) atoms. The second kappa shape index (κ2) is 9.40. The van der Waals surface area contributed by atoms with Crippen molar-refractivity contribution in [3.8, 4) is 0 Å². The maximum absolute atomic E-state index is 12.9. The summed E-state index contributed by atoms with van der Waals surface area (Å²) in [5.74, 6) is -0.445. The number of rotatable bonds is 5. The van der Waals surface area contributed by atoms with Crippen molar-refractivity contribution >= 4 is 23.2 Å². The topological polar surface area (TPSA) is 93.7 Å². The molecule has 0 bridgehead atoms. The number of benzene rings is 1. The van der Waals surface area contributed by atoms with Crippen LogP contribution in [0, 0.1) is 0 Å². The van der Waals surface area contributed by atoms with Gasteiger partial charge in [0.2, 0.25) is 5.71 Å². The summed E-state index contributed by atoms with van der Waals surface area (Å²) >= 11 is 0. The molecule has 1 saturated heterocycles. The Hall–Kier alpha value is -2.71. The third-order valence-electron chi connectivity index (χ3n) is 6.08. The van der Waals surface area contributed by atoms with Crippen molar-refractivity contribution in [2.45, 2.75) is 38.1 Å². The highest BCUT2D eigenvalue weighted by atomic mass is 16.2. The molecule has 4 rings (SSSR count). The molecule has 8 heteroatoms. The van der Waals surface area contributed by atoms with Crippen molar-refractivity contribution in [1.82, 2.24) is 15.5 Å². The van der Waals surface area contributed by atoms with Crippen LogP contribution in [0.2, 0.25) is 0 Å². The molecular formula is C22H31N6O2+. The van der Waals surface area contributed by atoms with Gasteiger partial charge in [-0.1, -0.05) is 30.4 Å². The van der Waals surface area contributed by atoms with E-state index in [0.29, 0.717) is 11.3 Å². The standard InChI is InChI=1S/C22H30N6O2/c1-27-10-12-28(13-11-27)18-9-5-6-16(14-18)21(29)25-19-15-23-26-20(19)22(30)24-17-7-3-2-4-8-17/h5-6,9,14-15,17H,2-4,7-8,10-13H2,1H3,(H,23,26)(H,24,30)(H,25,29)/p+1. The summed E-state index contributed by atoms with van der Waals surface area (Å²) in [4.78, 5) is 30.1. The monoisotopic (exact) mass is 411 g/mol. The van der Waals surface area contributed by atoms with Gasteiger partial charge in [0.15, 0.2) is 0 Å². The third kappa shape index (κ3) is 4.88. The predicted octanol–water partition coefficient (Wildman–Crippen LogP) is 0.392. The molecule has 0 radical (unpaired) electrons. The number of anilines is 1. The third-order valence-corrected chi connectivity index (χ3v) is 6.08. The molecule has 2 fully saturated rings. The van der Waals surface area contributed by atoms with E-state index in [1.165, 1.54) is 6.42 Å². The minimum Gasteiger partial charge on any atom is -0.369 e. The molecule has 1 aromatic rings. The molecule has 1 aliphatic carbocycles. The van der Waals surface area contributed by atoms with Gasteiger partial charge in [-0.2, -0.15) is 5.43 Å². The Balaban J connectivity index is 1.38. The summed E-state index contributed by atoms with van der Waals surface area (Å²) < 4.78 is 0. The first-order valence-electron chi connectivity index (χ1n) is 10.9. The maximum Gasteiger partial charge on any atom is 0.278 e. The van der Waals surface area contributed by atoms with Gasteiger partial charge in [-0.25, -0.2) is 0 Å². The molecule has 4 N–H and O–H groups in total. The summed E-state index contributed by atoms with van der Waals surface area (Å²) in [6.07, 6.45) is 7.22. The second-order valence-electron chi connectivity index (χ2n) is 8.31. The number of nitrogens with zero attached hydrogens (tertiary/aromatic N) is 3. The number of hydrogen-bond acceptors (Lipinski definition) is 5. The van der Waals surface area contributed by atoms with E-state index in [2.05, 4.69) is 32.6 Å². The Morgan fingerprint density at radius 1 is 1.07 bits per heavy atom. The van der Waals surface area contributed by atoms with Crippen LogP contribution in [0.25, 0.3) is 0 Å². The van der Waals surface area contributed by atoms with Crippen LogP contribution in [0.5, 0.6) is 0 Å². The average molecular weight is 412 g/mol. The summed E-state index contributed by atoms with van der Waals surface area (Å²) in [6.45, 7) is 3.91. The van der Waals surface area contributed by atoms with Crippen molar-refractivity contribution in [3.63, 3.8) is 0 Å². The van der Waals surface area contributed by atoms with E-state index in [4.69, 9.17) is 0 Å². The van der Waals surface area contributed by atoms with Gasteiger partial charge < -0.3 is 20.4 Å². The average Bonchev–Trinajstić information content (AvgIpc) is 3.23. The fourth-order valence-electron chi connectivity index (χ4n) is 4.22. The lowest BCUT2D eigenvalue weighted by Crippen LogP contribution is -2.69. The molecule has 2 amide bonds. The van der Waals surface area contributed by atoms with Gasteiger partial charge in [0.1, 0.15) is 11.9 Å². The summed E-state index contributed by atoms with van der Waals surface area (Å²) in [5, 5.41) is 10.1. The van der Waals surface area contributed by atoms with Gasteiger partial charge in [0.05, 0.1) is 0 Å². The zero-order valence-corrected chi connectivity index (χ0v) is 17.6. The van der Waals surface area contributed by atoms with E-state index in [-0.39, 0.29) is 23.6 Å². The number of carbonyl (C=O) groups excluding carboxylic acids is 2. The number of quaternary nitrogens is 1. The van der Waals surface area contributed by atoms with Gasteiger partial charge in [0.25, 0.3) is 11.8 Å². The molecule has 0 spiro atoms. The van der Waals surface area contributed by atoms with Gasteiger partial charge >= 0.3 is 0 Å². The summed E-state index contributed by atoms with van der Waals surface area (Å²) in [6, 6.07) is 7.86. The summed E-state index contributed by atoms with van der Waals surface area (Å²) in [7, 11) is 2.12. The van der Waals surface area contributed by atoms with E-state index in [1.54, 1.807) is 17.7 Å². The number of piperazine rings is 1. The highest BCUT2D eigenvalue weighted by Crippen LogP contribution is 2.19. The number of carbonyl (C=O) groups is 2. The zero-order chi connectivity index (χ0) is 20.9. The SMILES string of the molecule is CN1CCN(c2cccc(C(=O)NC3=C[NH2+]N=C3C(=O)NC3CCCCC3)c2)CC1. The van der Waals surface area contributed by atoms with Crippen molar-refractivity contribution in [3.05, 3.63) is 41.7 Å². The Labute approximate surface area is 177 Å². The van der Waals surface area contributed by atoms with Crippen molar-refractivity contribution in [1.29, 1.82) is 0 Å². The van der Waals surface area contributed by atoms with Crippen LogP contribution in [-0.2, 0) is 4.79 Å². The van der Waals surface area contributed by atoms with Crippen LogP contribution in [0.15, 0.2) is 41.3 Å². The van der Waals surface area contributed by atoms with Gasteiger partial charge in [-0.3, -0.25) is 9.59 Å². The minimum absolute atomic E-state index is 0.201. The maximum atomic E-state index is 12.9. The fraction of sp³-hybridized carbons (Fsp3) is 0.500. The van der Waals surface area contributed by atoms with Crippen LogP contribution in [0.3, 0.4) is 0 Å². The molecule has 0 aromatic heterocycles. The lowest BCUT2D eigenvalue weighted by Gasteiger charge is -2.34. The van der Waals surface area contributed by atoms with Gasteiger partial charge in [-0.15, -0.1) is 0 Å². The molecule has 8 nitrogen and oxygen atoms in total. The minimum atomic E-state index is -0.231. The van der Waals surface area contributed by atoms with Crippen molar-refractivity contribution in [2.75, 3.05) is 38.1 Å². The van der Waals surface area contributed by atoms with E-state index >= 15 is 0 Å². The largest absolute Gasteiger partial charge is 0.369 e. The number of nitrogens with two attached hydrogens (primary N) is 1. The summed E-state index contributed by atoms with van der Waals surface area (Å²) in [5.41, 5.74) is 3.92. The lowest BCUT2D eigenvalue weighted by atomic mass is 9.95. The number of hydrogen-bond donors (Lipinski definition) is 3. The Morgan fingerprint density at radius 2 is 1.83 bits per heavy atom. The van der Waals surface area contributed by atoms with E-state index < -0.39 is 0 Å². The van der Waals surface area contributed by atoms with Gasteiger partial charge in [-0.05, 0) is 38.1 Å². The van der Waals surface area contributed by atoms with Crippen molar-refractivity contribution < 1.29 is 15.0 Å². The molecular weight excluding hydrogens is 380 g/mol. The Bertz CT molecular complexity index is 851. The van der Waals surface area contributed by atoms with Crippen LogP contribution < -0.4 is 21.0 Å². The number of likely N-dealkylation sites (N-methyl/N-ethyl adjacent to an activating group) is 1. The first kappa shape index (κ1) is 20.6. The lowest BCUT2D eigenvalue weighted by molar-refractivity contribution is -0.590.